The van der Waals surface area contributed by atoms with Crippen molar-refractivity contribution in [2.24, 2.45) is 0 Å². The van der Waals surface area contributed by atoms with E-state index in [1.54, 1.807) is 23.7 Å². The van der Waals surface area contributed by atoms with Gasteiger partial charge in [-0.15, -0.1) is 11.3 Å². The first-order valence-electron chi connectivity index (χ1n) is 7.28. The minimum Gasteiger partial charge on any atom is -0.476 e. The molecule has 4 heterocycles. The third-order valence-corrected chi connectivity index (χ3v) is 4.88. The van der Waals surface area contributed by atoms with E-state index < -0.39 is 0 Å². The van der Waals surface area contributed by atoms with Crippen molar-refractivity contribution in [1.82, 2.24) is 19.9 Å². The minimum atomic E-state index is 0.569. The molecule has 114 valence electrons. The number of hydrogen-bond acceptors (Lipinski definition) is 6. The Hall–Kier alpha value is -2.60. The molecule has 0 spiro atoms. The summed E-state index contributed by atoms with van der Waals surface area (Å²) in [6.45, 7) is 6.66. The maximum Gasteiger partial charge on any atom is 0.240 e. The van der Waals surface area contributed by atoms with Crippen molar-refractivity contribution in [3.8, 4) is 27.0 Å². The van der Waals surface area contributed by atoms with Crippen LogP contribution in [0.15, 0.2) is 37.3 Å². The number of aromatic nitrogens is 4. The van der Waals surface area contributed by atoms with Gasteiger partial charge in [-0.2, -0.15) is 0 Å². The quantitative estimate of drug-likeness (QED) is 0.719. The van der Waals surface area contributed by atoms with E-state index in [0.29, 0.717) is 12.5 Å². The Morgan fingerprint density at radius 3 is 3.00 bits per heavy atom. The average molecular weight is 322 g/mol. The van der Waals surface area contributed by atoms with Crippen molar-refractivity contribution in [1.29, 1.82) is 0 Å². The van der Waals surface area contributed by atoms with Crippen molar-refractivity contribution >= 4 is 16.9 Å². The van der Waals surface area contributed by atoms with Gasteiger partial charge in [0.2, 0.25) is 5.88 Å². The van der Waals surface area contributed by atoms with Gasteiger partial charge in [-0.25, -0.2) is 15.0 Å². The monoisotopic (exact) mass is 322 g/mol. The SMILES string of the molecule is C=C1CCOc2ncc(-c3sc(-c4cccnc4)nc3C)nc21. The summed E-state index contributed by atoms with van der Waals surface area (Å²) in [4.78, 5) is 18.9. The molecule has 0 unspecified atom stereocenters. The summed E-state index contributed by atoms with van der Waals surface area (Å²) < 4.78 is 5.53. The first-order chi connectivity index (χ1) is 11.2. The Balaban J connectivity index is 1.78. The molecule has 5 nitrogen and oxygen atoms in total. The molecule has 4 rings (SSSR count). The standard InChI is InChI=1S/C17H14N4OS/c1-10-5-7-22-16-14(10)21-13(9-19-16)15-11(2)20-17(23-15)12-4-3-6-18-8-12/h3-4,6,8-9H,1,5,7H2,2H3. The van der Waals surface area contributed by atoms with Crippen molar-refractivity contribution in [3.63, 3.8) is 0 Å². The lowest BCUT2D eigenvalue weighted by atomic mass is 10.1. The van der Waals surface area contributed by atoms with E-state index in [1.807, 2.05) is 25.3 Å². The summed E-state index contributed by atoms with van der Waals surface area (Å²) in [6.07, 6.45) is 6.10. The fourth-order valence-corrected chi connectivity index (χ4v) is 3.47. The smallest absolute Gasteiger partial charge is 0.240 e. The van der Waals surface area contributed by atoms with Gasteiger partial charge >= 0.3 is 0 Å². The van der Waals surface area contributed by atoms with Crippen LogP contribution < -0.4 is 4.74 Å². The van der Waals surface area contributed by atoms with Crippen LogP contribution >= 0.6 is 11.3 Å². The highest BCUT2D eigenvalue weighted by atomic mass is 32.1. The van der Waals surface area contributed by atoms with Crippen molar-refractivity contribution in [2.75, 3.05) is 6.61 Å². The van der Waals surface area contributed by atoms with E-state index in [-0.39, 0.29) is 0 Å². The molecule has 0 aliphatic carbocycles. The zero-order valence-electron chi connectivity index (χ0n) is 12.6. The molecule has 0 aromatic carbocycles. The number of thiazole rings is 1. The first-order valence-corrected chi connectivity index (χ1v) is 8.10. The van der Waals surface area contributed by atoms with Crippen LogP contribution in [0.2, 0.25) is 0 Å². The van der Waals surface area contributed by atoms with Crippen LogP contribution in [0, 0.1) is 6.92 Å². The molecule has 0 saturated carbocycles. The predicted molar refractivity (Wildman–Crippen MR) is 90.3 cm³/mol. The fraction of sp³-hybridized carbons (Fsp3) is 0.176. The summed E-state index contributed by atoms with van der Waals surface area (Å²) in [5.74, 6) is 0.569. The van der Waals surface area contributed by atoms with E-state index in [9.17, 15) is 0 Å². The van der Waals surface area contributed by atoms with Crippen LogP contribution in [0.5, 0.6) is 5.88 Å². The number of nitrogens with zero attached hydrogens (tertiary/aromatic N) is 4. The van der Waals surface area contributed by atoms with Crippen LogP contribution in [-0.2, 0) is 0 Å². The van der Waals surface area contributed by atoms with Gasteiger partial charge in [-0.1, -0.05) is 6.58 Å². The number of ether oxygens (including phenoxy) is 1. The minimum absolute atomic E-state index is 0.569. The highest BCUT2D eigenvalue weighted by Crippen LogP contribution is 2.36. The summed E-state index contributed by atoms with van der Waals surface area (Å²) in [5.41, 5.74) is 4.47. The van der Waals surface area contributed by atoms with E-state index in [0.717, 1.165) is 44.5 Å². The lowest BCUT2D eigenvalue weighted by molar-refractivity contribution is 0.301. The second-order valence-electron chi connectivity index (χ2n) is 5.29. The highest BCUT2D eigenvalue weighted by Gasteiger charge is 2.20. The second-order valence-corrected chi connectivity index (χ2v) is 6.29. The van der Waals surface area contributed by atoms with Gasteiger partial charge in [0.05, 0.1) is 23.4 Å². The van der Waals surface area contributed by atoms with Crippen LogP contribution in [0.3, 0.4) is 0 Å². The molecule has 6 heteroatoms. The fourth-order valence-electron chi connectivity index (χ4n) is 2.46. The lowest BCUT2D eigenvalue weighted by Gasteiger charge is -2.17. The average Bonchev–Trinajstić information content (AvgIpc) is 2.98. The molecule has 0 radical (unpaired) electrons. The van der Waals surface area contributed by atoms with Crippen molar-refractivity contribution < 1.29 is 4.74 Å². The largest absolute Gasteiger partial charge is 0.476 e. The Bertz CT molecular complexity index is 889. The summed E-state index contributed by atoms with van der Waals surface area (Å²) in [5, 5.41) is 0.931. The van der Waals surface area contributed by atoms with Crippen LogP contribution in [-0.4, -0.2) is 26.5 Å². The third-order valence-electron chi connectivity index (χ3n) is 3.65. The van der Waals surface area contributed by atoms with Crippen molar-refractivity contribution in [3.05, 3.63) is 48.7 Å². The first kappa shape index (κ1) is 14.0. The van der Waals surface area contributed by atoms with E-state index in [4.69, 9.17) is 9.72 Å². The summed E-state index contributed by atoms with van der Waals surface area (Å²) in [6, 6.07) is 3.91. The molecule has 3 aromatic heterocycles. The van der Waals surface area contributed by atoms with E-state index in [1.165, 1.54) is 0 Å². The maximum atomic E-state index is 5.53. The highest BCUT2D eigenvalue weighted by molar-refractivity contribution is 7.18. The topological polar surface area (TPSA) is 60.8 Å². The molecule has 0 saturated heterocycles. The normalized spacial score (nSPS) is 13.5. The lowest BCUT2D eigenvalue weighted by Crippen LogP contribution is -2.10. The van der Waals surface area contributed by atoms with Gasteiger partial charge in [0.15, 0.2) is 0 Å². The molecule has 0 amide bonds. The Morgan fingerprint density at radius 2 is 2.17 bits per heavy atom. The molecule has 0 bridgehead atoms. The number of rotatable bonds is 2. The molecule has 0 N–H and O–H groups in total. The van der Waals surface area contributed by atoms with Crippen molar-refractivity contribution in [2.45, 2.75) is 13.3 Å². The Kier molecular flexibility index (Phi) is 3.38. The molecule has 0 fully saturated rings. The zero-order valence-corrected chi connectivity index (χ0v) is 13.4. The Morgan fingerprint density at radius 1 is 1.26 bits per heavy atom. The molecule has 0 atom stereocenters. The number of aryl methyl sites for hydroxylation is 1. The second kappa shape index (κ2) is 5.55. The van der Waals surface area contributed by atoms with E-state index >= 15 is 0 Å². The summed E-state index contributed by atoms with van der Waals surface area (Å²) >= 11 is 1.59. The van der Waals surface area contributed by atoms with Crippen LogP contribution in [0.4, 0.5) is 0 Å². The van der Waals surface area contributed by atoms with Gasteiger partial charge in [0.25, 0.3) is 0 Å². The van der Waals surface area contributed by atoms with Crippen LogP contribution in [0.1, 0.15) is 17.8 Å². The van der Waals surface area contributed by atoms with Gasteiger partial charge in [-0.05, 0) is 24.6 Å². The Labute approximate surface area is 137 Å². The van der Waals surface area contributed by atoms with Gasteiger partial charge in [0, 0.05) is 24.4 Å². The predicted octanol–water partition coefficient (Wildman–Crippen LogP) is 3.77. The van der Waals surface area contributed by atoms with Crippen LogP contribution in [0.25, 0.3) is 26.7 Å². The molecular weight excluding hydrogens is 308 g/mol. The van der Waals surface area contributed by atoms with Gasteiger partial charge < -0.3 is 4.74 Å². The van der Waals surface area contributed by atoms with Gasteiger partial charge in [0.1, 0.15) is 16.4 Å². The molecule has 23 heavy (non-hydrogen) atoms. The molecule has 3 aromatic rings. The number of hydrogen-bond donors (Lipinski definition) is 0. The number of pyridine rings is 1. The molecule has 1 aliphatic heterocycles. The third kappa shape index (κ3) is 2.51. The van der Waals surface area contributed by atoms with E-state index in [2.05, 4.69) is 21.5 Å². The molecular formula is C17H14N4OS. The molecule has 1 aliphatic rings. The maximum absolute atomic E-state index is 5.53. The number of fused-ring (bicyclic) bond motifs is 1. The summed E-state index contributed by atoms with van der Waals surface area (Å²) in [7, 11) is 0. The van der Waals surface area contributed by atoms with Gasteiger partial charge in [-0.3, -0.25) is 4.98 Å². The zero-order chi connectivity index (χ0) is 15.8.